The quantitative estimate of drug-likeness (QED) is 0.823. The predicted molar refractivity (Wildman–Crippen MR) is 103 cm³/mol. The van der Waals surface area contributed by atoms with Crippen LogP contribution in [0.1, 0.15) is 24.5 Å². The zero-order valence-electron chi connectivity index (χ0n) is 14.1. The number of benzene rings is 2. The third-order valence-electron chi connectivity index (χ3n) is 4.32. The minimum Gasteiger partial charge on any atom is -0.399 e. The number of nitrogen functional groups attached to an aromatic ring is 1. The molecule has 3 rings (SSSR count). The average Bonchev–Trinajstić information content (AvgIpc) is 2.97. The number of amides is 2. The molecule has 0 saturated heterocycles. The fourth-order valence-corrected chi connectivity index (χ4v) is 3.04. The second-order valence-electron chi connectivity index (χ2n) is 6.01. The molecule has 5 nitrogen and oxygen atoms in total. The van der Waals surface area contributed by atoms with Crippen molar-refractivity contribution in [2.24, 2.45) is 0 Å². The Morgan fingerprint density at radius 3 is 2.68 bits per heavy atom. The fourth-order valence-electron chi connectivity index (χ4n) is 3.04. The van der Waals surface area contributed by atoms with Gasteiger partial charge in [-0.15, -0.1) is 12.4 Å². The number of fused-ring (bicyclic) bond motifs is 1. The molecule has 0 aliphatic carbocycles. The molecular weight excluding hydrogens is 338 g/mol. The van der Waals surface area contributed by atoms with Crippen molar-refractivity contribution in [1.29, 1.82) is 0 Å². The van der Waals surface area contributed by atoms with E-state index in [2.05, 4.69) is 5.32 Å². The summed E-state index contributed by atoms with van der Waals surface area (Å²) < 4.78 is 0. The molecule has 0 saturated carbocycles. The summed E-state index contributed by atoms with van der Waals surface area (Å²) in [5.41, 5.74) is 10.4. The van der Waals surface area contributed by atoms with E-state index in [0.29, 0.717) is 25.1 Å². The maximum absolute atomic E-state index is 12.2. The van der Waals surface area contributed by atoms with Crippen molar-refractivity contribution in [3.05, 3.63) is 53.6 Å². The van der Waals surface area contributed by atoms with Gasteiger partial charge in [0.2, 0.25) is 11.8 Å². The number of carbonyl (C=O) groups is 2. The van der Waals surface area contributed by atoms with Gasteiger partial charge in [-0.25, -0.2) is 0 Å². The van der Waals surface area contributed by atoms with Gasteiger partial charge in [0.15, 0.2) is 0 Å². The molecule has 6 heteroatoms. The number of hydrogen-bond acceptors (Lipinski definition) is 3. The number of halogens is 1. The number of aryl methyl sites for hydroxylation is 1. The first-order chi connectivity index (χ1) is 11.5. The van der Waals surface area contributed by atoms with Gasteiger partial charge in [0.25, 0.3) is 0 Å². The van der Waals surface area contributed by atoms with E-state index in [0.717, 1.165) is 28.9 Å². The second-order valence-corrected chi connectivity index (χ2v) is 6.01. The van der Waals surface area contributed by atoms with Crippen LogP contribution in [0.15, 0.2) is 42.5 Å². The summed E-state index contributed by atoms with van der Waals surface area (Å²) in [6.45, 7) is 2.27. The third kappa shape index (κ3) is 4.31. The Bertz CT molecular complexity index is 792. The van der Waals surface area contributed by atoms with Crippen LogP contribution in [0.25, 0.3) is 0 Å². The number of anilines is 3. The summed E-state index contributed by atoms with van der Waals surface area (Å²) in [6, 6.07) is 13.3. The number of nitrogens with two attached hydrogens (primary N) is 1. The zero-order valence-corrected chi connectivity index (χ0v) is 14.9. The van der Waals surface area contributed by atoms with E-state index in [-0.39, 0.29) is 24.2 Å². The smallest absolute Gasteiger partial charge is 0.224 e. The van der Waals surface area contributed by atoms with Crippen LogP contribution in [0.4, 0.5) is 17.1 Å². The first kappa shape index (κ1) is 18.8. The molecular formula is C19H22ClN3O2. The highest BCUT2D eigenvalue weighted by Gasteiger charge is 2.22. The average molecular weight is 360 g/mol. The van der Waals surface area contributed by atoms with Gasteiger partial charge in [-0.2, -0.15) is 0 Å². The molecule has 0 aromatic heterocycles. The molecule has 0 atom stereocenters. The van der Waals surface area contributed by atoms with Crippen molar-refractivity contribution in [3.63, 3.8) is 0 Å². The molecule has 0 unspecified atom stereocenters. The Labute approximate surface area is 153 Å². The molecule has 1 aliphatic rings. The van der Waals surface area contributed by atoms with Crippen LogP contribution in [-0.2, 0) is 22.4 Å². The van der Waals surface area contributed by atoms with E-state index in [4.69, 9.17) is 5.73 Å². The van der Waals surface area contributed by atoms with E-state index < -0.39 is 0 Å². The predicted octanol–water partition coefficient (Wildman–Crippen LogP) is 3.17. The molecule has 1 aliphatic heterocycles. The number of rotatable bonds is 4. The highest BCUT2D eigenvalue weighted by atomic mass is 35.5. The van der Waals surface area contributed by atoms with Crippen LogP contribution >= 0.6 is 12.4 Å². The number of nitrogens with zero attached hydrogens (tertiary/aromatic N) is 1. The van der Waals surface area contributed by atoms with E-state index in [1.54, 1.807) is 11.8 Å². The first-order valence-corrected chi connectivity index (χ1v) is 8.09. The van der Waals surface area contributed by atoms with Crippen molar-refractivity contribution in [2.45, 2.75) is 26.2 Å². The van der Waals surface area contributed by atoms with Gasteiger partial charge in [0.1, 0.15) is 0 Å². The molecule has 1 heterocycles. The highest BCUT2D eigenvalue weighted by molar-refractivity contribution is 5.95. The van der Waals surface area contributed by atoms with Gasteiger partial charge < -0.3 is 16.0 Å². The number of carbonyl (C=O) groups excluding carboxylic acids is 2. The zero-order chi connectivity index (χ0) is 17.1. The maximum atomic E-state index is 12.2. The fraction of sp³-hybridized carbons (Fsp3) is 0.263. The second kappa shape index (κ2) is 8.03. The maximum Gasteiger partial charge on any atom is 0.224 e. The van der Waals surface area contributed by atoms with Crippen molar-refractivity contribution < 1.29 is 9.59 Å². The van der Waals surface area contributed by atoms with Crippen LogP contribution in [0, 0.1) is 0 Å². The monoisotopic (exact) mass is 359 g/mol. The van der Waals surface area contributed by atoms with E-state index >= 15 is 0 Å². The van der Waals surface area contributed by atoms with E-state index in [9.17, 15) is 9.59 Å². The summed E-state index contributed by atoms with van der Waals surface area (Å²) in [5.74, 6) is 0.00519. The number of nitrogens with one attached hydrogen (secondary N) is 1. The molecule has 0 radical (unpaired) electrons. The van der Waals surface area contributed by atoms with Crippen molar-refractivity contribution in [3.8, 4) is 0 Å². The lowest BCUT2D eigenvalue weighted by molar-refractivity contribution is -0.117. The first-order valence-electron chi connectivity index (χ1n) is 8.09. The van der Waals surface area contributed by atoms with Gasteiger partial charge in [-0.3, -0.25) is 9.59 Å². The number of para-hydroxylation sites is 1. The lowest BCUT2D eigenvalue weighted by Gasteiger charge is -2.15. The lowest BCUT2D eigenvalue weighted by Crippen LogP contribution is -2.25. The molecule has 132 valence electrons. The molecule has 3 N–H and O–H groups in total. The van der Waals surface area contributed by atoms with Gasteiger partial charge in [0, 0.05) is 37.0 Å². The van der Waals surface area contributed by atoms with Crippen LogP contribution in [0.2, 0.25) is 0 Å². The van der Waals surface area contributed by atoms with Crippen LogP contribution < -0.4 is 16.0 Å². The molecule has 2 amide bonds. The Hall–Kier alpha value is -2.53. The Morgan fingerprint density at radius 2 is 1.96 bits per heavy atom. The minimum absolute atomic E-state index is 0. The van der Waals surface area contributed by atoms with Gasteiger partial charge in [-0.05, 0) is 48.2 Å². The summed E-state index contributed by atoms with van der Waals surface area (Å²) >= 11 is 0. The van der Waals surface area contributed by atoms with E-state index in [1.807, 2.05) is 42.5 Å². The lowest BCUT2D eigenvalue weighted by atomic mass is 10.1. The molecule has 2 aromatic rings. The highest BCUT2D eigenvalue weighted by Crippen LogP contribution is 2.30. The van der Waals surface area contributed by atoms with Crippen LogP contribution in [-0.4, -0.2) is 18.4 Å². The number of hydrogen-bond donors (Lipinski definition) is 2. The van der Waals surface area contributed by atoms with Crippen LogP contribution in [0.3, 0.4) is 0 Å². The summed E-state index contributed by atoms with van der Waals surface area (Å²) in [6.07, 6.45) is 1.81. The largest absolute Gasteiger partial charge is 0.399 e. The standard InChI is InChI=1S/C19H21N3O2.ClH/c1-13(23)22-11-10-15-12-16(7-8-18(15)22)21-19(24)9-6-14-4-2-3-5-17(14)20;/h2-5,7-8,12H,6,9-11,20H2,1H3,(H,21,24);1H. The van der Waals surface area contributed by atoms with Crippen molar-refractivity contribution in [2.75, 3.05) is 22.5 Å². The Kier molecular flexibility index (Phi) is 6.04. The third-order valence-corrected chi connectivity index (χ3v) is 4.32. The summed E-state index contributed by atoms with van der Waals surface area (Å²) in [4.78, 5) is 25.5. The SMILES string of the molecule is CC(=O)N1CCc2cc(NC(=O)CCc3ccccc3N)ccc21.Cl. The minimum atomic E-state index is -0.0420. The Balaban J connectivity index is 0.00000225. The summed E-state index contributed by atoms with van der Waals surface area (Å²) in [5, 5.41) is 2.92. The molecule has 0 bridgehead atoms. The molecule has 2 aromatic carbocycles. The van der Waals surface area contributed by atoms with Gasteiger partial charge in [-0.1, -0.05) is 18.2 Å². The van der Waals surface area contributed by atoms with Gasteiger partial charge >= 0.3 is 0 Å². The van der Waals surface area contributed by atoms with Crippen LogP contribution in [0.5, 0.6) is 0 Å². The molecule has 0 fully saturated rings. The normalized spacial score (nSPS) is 12.3. The topological polar surface area (TPSA) is 75.4 Å². The Morgan fingerprint density at radius 1 is 1.20 bits per heavy atom. The van der Waals surface area contributed by atoms with E-state index in [1.165, 1.54) is 0 Å². The van der Waals surface area contributed by atoms with Gasteiger partial charge in [0.05, 0.1) is 0 Å². The van der Waals surface area contributed by atoms with Crippen molar-refractivity contribution >= 4 is 41.3 Å². The van der Waals surface area contributed by atoms with Crippen molar-refractivity contribution in [1.82, 2.24) is 0 Å². The summed E-state index contributed by atoms with van der Waals surface area (Å²) in [7, 11) is 0. The molecule has 0 spiro atoms. The molecule has 25 heavy (non-hydrogen) atoms.